The first-order chi connectivity index (χ1) is 23.6. The van der Waals surface area contributed by atoms with Crippen molar-refractivity contribution in [1.29, 1.82) is 0 Å². The molecular formula is C30H49F4K2N4O13P. The summed E-state index contributed by atoms with van der Waals surface area (Å²) in [5.41, 5.74) is 3.54. The normalized spacial score (nSPS) is 20.1. The van der Waals surface area contributed by atoms with Crippen molar-refractivity contribution in [3.63, 3.8) is 0 Å². The van der Waals surface area contributed by atoms with Gasteiger partial charge in [0.2, 0.25) is 5.78 Å². The number of rotatable bonds is 8. The largest absolute Gasteiger partial charge is 1.00 e. The van der Waals surface area contributed by atoms with Gasteiger partial charge in [0.05, 0.1) is 0 Å². The molecule has 302 valence electrons. The smallest absolute Gasteiger partial charge is 1.00 e. The minimum Gasteiger partial charge on any atom is -1.00 e. The van der Waals surface area contributed by atoms with E-state index < -0.39 is 84.4 Å². The predicted molar refractivity (Wildman–Crippen MR) is 174 cm³/mol. The third-order valence-electron chi connectivity index (χ3n) is 6.17. The fraction of sp³-hybridized carbons (Fsp3) is 0.733. The summed E-state index contributed by atoms with van der Waals surface area (Å²) in [4.78, 5) is 58.4. The number of carbonyl (C=O) groups excluding carboxylic acids is 5. The summed E-state index contributed by atoms with van der Waals surface area (Å²) in [7, 11) is -0.506. The third kappa shape index (κ3) is 26.3. The number of amides is 2. The molecule has 0 radical (unpaired) electrons. The molecule has 2 saturated carbocycles. The molecule has 2 fully saturated rings. The van der Waals surface area contributed by atoms with E-state index in [4.69, 9.17) is 36.6 Å². The molecular weight excluding hydrogens is 810 g/mol. The number of aldehydes is 1. The van der Waals surface area contributed by atoms with Crippen molar-refractivity contribution in [3.8, 4) is 12.3 Å². The monoisotopic (exact) mass is 858 g/mol. The molecule has 54 heavy (non-hydrogen) atoms. The average molecular weight is 859 g/mol. The quantitative estimate of drug-likeness (QED) is 0.0225. The first-order valence-corrected chi connectivity index (χ1v) is 16.5. The van der Waals surface area contributed by atoms with Crippen molar-refractivity contribution in [2.45, 2.75) is 121 Å². The number of carbonyl (C=O) groups is 5. The number of terminal acetylenes is 1. The number of alkyl carbamates (subject to hydrolysis) is 2. The van der Waals surface area contributed by atoms with Crippen LogP contribution in [0, 0.1) is 12.3 Å². The Kier molecular flexibility index (Phi) is 32.3. The maximum absolute atomic E-state index is 13.1. The van der Waals surface area contributed by atoms with Gasteiger partial charge in [0.1, 0.15) is 28.6 Å². The van der Waals surface area contributed by atoms with Crippen molar-refractivity contribution in [1.82, 2.24) is 10.6 Å². The fourth-order valence-electron chi connectivity index (χ4n) is 4.13. The van der Waals surface area contributed by atoms with Gasteiger partial charge in [-0.15, -0.1) is 6.42 Å². The maximum Gasteiger partial charge on any atom is 1.00 e. The number of ketones is 1. The van der Waals surface area contributed by atoms with Crippen molar-refractivity contribution in [3.05, 3.63) is 5.53 Å². The van der Waals surface area contributed by atoms with Crippen LogP contribution in [0.1, 0.15) is 88.4 Å². The first-order valence-electron chi connectivity index (χ1n) is 14.9. The second kappa shape index (κ2) is 27.9. The molecule has 0 bridgehead atoms. The van der Waals surface area contributed by atoms with Gasteiger partial charge in [-0.3, -0.25) is 9.59 Å². The maximum atomic E-state index is 13.1. The van der Waals surface area contributed by atoms with Gasteiger partial charge in [-0.25, -0.2) is 31.7 Å². The first kappa shape index (κ1) is 62.5. The van der Waals surface area contributed by atoms with Crippen molar-refractivity contribution in [2.75, 3.05) is 21.3 Å². The zero-order valence-electron chi connectivity index (χ0n) is 33.7. The minimum atomic E-state index is -3.70. The molecule has 2 aliphatic carbocycles. The zero-order valence-corrected chi connectivity index (χ0v) is 39.8. The second-order valence-electron chi connectivity index (χ2n) is 12.9. The van der Waals surface area contributed by atoms with Gasteiger partial charge >= 0.3 is 128 Å². The molecule has 0 heterocycles. The van der Waals surface area contributed by atoms with E-state index in [1.54, 1.807) is 41.5 Å². The Bertz CT molecular complexity index is 1350. The van der Waals surface area contributed by atoms with Crippen LogP contribution in [0.15, 0.2) is 0 Å². The van der Waals surface area contributed by atoms with Gasteiger partial charge in [-0.05, 0) is 54.4 Å². The summed E-state index contributed by atoms with van der Waals surface area (Å²) < 4.78 is 82.5. The summed E-state index contributed by atoms with van der Waals surface area (Å²) >= 11 is 0. The Labute approximate surface area is 398 Å². The number of aliphatic hydroxyl groups is 1. The standard InChI is InChI=1S/C12H17F2NO2.C11H17F2NO3.C5H9N2O4P.CH2O3.CH4O.2K.H/c1-5-11(6-7-12(13,14)8-11)15-9(16)17-10(2,3)4;1-9(2,3)17-8(16)14-10(7-15)4-5-11(12,13)6-10;1-4(8)5(7-6)12(9,10-2)11-3;2-1-4-3;1-2;;;/h1H,6-8H2,2-4H3,(H,15,16);7H,4-6H2,1-3H3,(H,14,16);1-3H3;1,3H;2H,1H3;;;/q;;;;;2*+1;-1/p-1. The Hall–Kier alpha value is -0.647. The molecule has 24 heteroatoms. The van der Waals surface area contributed by atoms with Gasteiger partial charge < -0.3 is 56.2 Å². The van der Waals surface area contributed by atoms with E-state index in [1.165, 1.54) is 0 Å². The predicted octanol–water partition coefficient (Wildman–Crippen LogP) is -2.18. The van der Waals surface area contributed by atoms with Gasteiger partial charge in [0.25, 0.3) is 18.3 Å². The Morgan fingerprint density at radius 1 is 0.889 bits per heavy atom. The van der Waals surface area contributed by atoms with E-state index in [2.05, 4.69) is 35.3 Å². The van der Waals surface area contributed by atoms with Crippen LogP contribution in [0.25, 0.3) is 5.53 Å². The summed E-state index contributed by atoms with van der Waals surface area (Å²) in [6, 6.07) is 0. The van der Waals surface area contributed by atoms with Crippen LogP contribution in [-0.4, -0.2) is 102 Å². The number of nitrogens with zero attached hydrogens (tertiary/aromatic N) is 2. The number of halogens is 4. The molecule has 0 spiro atoms. The van der Waals surface area contributed by atoms with Crippen molar-refractivity contribution >= 4 is 43.8 Å². The molecule has 0 aromatic rings. The van der Waals surface area contributed by atoms with Gasteiger partial charge in [-0.2, -0.15) is 4.79 Å². The minimum absolute atomic E-state index is 0. The number of ether oxygens (including phenoxy) is 2. The number of alkyl halides is 4. The van der Waals surface area contributed by atoms with Gasteiger partial charge in [-0.1, -0.05) is 5.92 Å². The summed E-state index contributed by atoms with van der Waals surface area (Å²) in [5.74, 6) is -4.13. The Morgan fingerprint density at radius 2 is 1.28 bits per heavy atom. The molecule has 3 N–H and O–H groups in total. The van der Waals surface area contributed by atoms with Gasteiger partial charge in [0, 0.05) is 53.9 Å². The number of nitrogens with one attached hydrogen (secondary N) is 2. The van der Waals surface area contributed by atoms with Crippen LogP contribution in [0.5, 0.6) is 0 Å². The molecule has 2 rings (SSSR count). The van der Waals surface area contributed by atoms with Crippen molar-refractivity contribution < 1.29 is 189 Å². The van der Waals surface area contributed by atoms with Gasteiger partial charge in [0.15, 0.2) is 0 Å². The molecule has 0 aliphatic heterocycles. The molecule has 0 aromatic heterocycles. The molecule has 0 aromatic carbocycles. The molecule has 2 unspecified atom stereocenters. The van der Waals surface area contributed by atoms with E-state index in [-0.39, 0.29) is 130 Å². The summed E-state index contributed by atoms with van der Waals surface area (Å²) in [5, 5.41) is 20.1. The Morgan fingerprint density at radius 3 is 1.50 bits per heavy atom. The van der Waals surface area contributed by atoms with E-state index in [9.17, 15) is 41.3 Å². The second-order valence-corrected chi connectivity index (χ2v) is 15.0. The average Bonchev–Trinajstić information content (AvgIpc) is 3.50. The number of hydrogen-bond donors (Lipinski definition) is 3. The van der Waals surface area contributed by atoms with Crippen LogP contribution in [0.3, 0.4) is 0 Å². The van der Waals surface area contributed by atoms with E-state index in [0.717, 1.165) is 28.3 Å². The number of hydrogen-bond acceptors (Lipinski definition) is 13. The summed E-state index contributed by atoms with van der Waals surface area (Å²) in [6.07, 6.45) is 2.11. The number of aliphatic hydroxyl groups excluding tert-OH is 1. The van der Waals surface area contributed by atoms with Crippen LogP contribution in [0.4, 0.5) is 27.2 Å². The fourth-order valence-corrected chi connectivity index (χ4v) is 5.12. The zero-order chi connectivity index (χ0) is 41.8. The van der Waals surface area contributed by atoms with Crippen LogP contribution in [0.2, 0.25) is 0 Å². The molecule has 2 amide bonds. The van der Waals surface area contributed by atoms with Crippen molar-refractivity contribution in [2.24, 2.45) is 0 Å². The molecule has 2 aliphatic rings. The van der Waals surface area contributed by atoms with Crippen LogP contribution in [-0.2, 0) is 42.4 Å². The Balaban J connectivity index is -0.000000150. The topological polar surface area (TPSA) is 252 Å². The van der Waals surface area contributed by atoms with E-state index in [0.29, 0.717) is 6.29 Å². The summed E-state index contributed by atoms with van der Waals surface area (Å²) in [6.45, 7) is 11.0. The molecule has 2 atom stereocenters. The van der Waals surface area contributed by atoms with Crippen LogP contribution < -0.4 is 119 Å². The SMILES string of the molecule is C#CC1(NC(=O)OC(C)(C)C)CCC(F)(F)C1.CC(C)(C)OC(=O)NC1(C=O)CCC(F)(F)C1.CO.COP(=O)(OC)C(=[N+]=[N-])C(C)=O.O=CO[O-].[H-].[K+].[K+]. The number of Topliss-reactive ketones (excluding diaryl/α,β-unsaturated/α-hetero) is 1. The molecule has 0 saturated heterocycles. The van der Waals surface area contributed by atoms with E-state index in [1.807, 2.05) is 0 Å². The third-order valence-corrected chi connectivity index (χ3v) is 8.05. The van der Waals surface area contributed by atoms with Crippen LogP contribution >= 0.6 is 7.60 Å². The molecule has 17 nitrogen and oxygen atoms in total. The van der Waals surface area contributed by atoms with E-state index >= 15 is 0 Å².